The molecule has 0 fully saturated rings. The predicted octanol–water partition coefficient (Wildman–Crippen LogP) is -2.94. The van der Waals surface area contributed by atoms with Crippen molar-refractivity contribution in [1.29, 1.82) is 0 Å². The maximum Gasteiger partial charge on any atom is 1.00 e. The van der Waals surface area contributed by atoms with E-state index in [-0.39, 0.29) is 44.3 Å². The first-order chi connectivity index (χ1) is 12.0. The molecule has 27 heavy (non-hydrogen) atoms. The van der Waals surface area contributed by atoms with Crippen molar-refractivity contribution in [3.8, 4) is 0 Å². The number of hydrogen-bond donors (Lipinski definition) is 3. The van der Waals surface area contributed by atoms with E-state index in [9.17, 15) is 34.8 Å². The number of rotatable bonds is 13. The Morgan fingerprint density at radius 2 is 1.37 bits per heavy atom. The SMILES string of the molecule is CCC/C=C(\[O-])CN(CCN(C(C)C(=O)O)C(C)C(=O)O)C(C)C(=O)O.[Li+]. The summed E-state index contributed by atoms with van der Waals surface area (Å²) in [4.78, 5) is 36.5. The molecule has 0 saturated carbocycles. The fourth-order valence-corrected chi connectivity index (χ4v) is 2.39. The van der Waals surface area contributed by atoms with Gasteiger partial charge in [-0.3, -0.25) is 24.2 Å². The minimum Gasteiger partial charge on any atom is -0.875 e. The summed E-state index contributed by atoms with van der Waals surface area (Å²) >= 11 is 0. The molecule has 0 bridgehead atoms. The van der Waals surface area contributed by atoms with E-state index in [1.807, 2.05) is 6.92 Å². The van der Waals surface area contributed by atoms with Crippen molar-refractivity contribution >= 4 is 17.9 Å². The van der Waals surface area contributed by atoms with Crippen LogP contribution in [-0.2, 0) is 14.4 Å². The Balaban J connectivity index is 0. The molecular weight excluding hydrogens is 351 g/mol. The molecule has 0 aliphatic rings. The van der Waals surface area contributed by atoms with Gasteiger partial charge in [0.15, 0.2) is 0 Å². The third kappa shape index (κ3) is 9.82. The summed E-state index contributed by atoms with van der Waals surface area (Å²) < 4.78 is 0. The van der Waals surface area contributed by atoms with Crippen LogP contribution in [0, 0.1) is 0 Å². The van der Waals surface area contributed by atoms with Crippen LogP contribution in [0.3, 0.4) is 0 Å². The van der Waals surface area contributed by atoms with Gasteiger partial charge < -0.3 is 20.4 Å². The molecule has 3 unspecified atom stereocenters. The van der Waals surface area contributed by atoms with Crippen molar-refractivity contribution < 1.29 is 53.7 Å². The van der Waals surface area contributed by atoms with Gasteiger partial charge in [-0.05, 0) is 27.2 Å². The molecule has 0 aliphatic carbocycles. The molecule has 0 aliphatic heterocycles. The van der Waals surface area contributed by atoms with E-state index in [4.69, 9.17) is 0 Å². The van der Waals surface area contributed by atoms with E-state index in [2.05, 4.69) is 0 Å². The van der Waals surface area contributed by atoms with Crippen LogP contribution >= 0.6 is 0 Å². The zero-order valence-electron chi connectivity index (χ0n) is 16.7. The van der Waals surface area contributed by atoms with E-state index in [1.54, 1.807) is 0 Å². The molecule has 0 aromatic rings. The second kappa shape index (κ2) is 13.6. The van der Waals surface area contributed by atoms with Crippen molar-refractivity contribution in [3.63, 3.8) is 0 Å². The smallest absolute Gasteiger partial charge is 0.875 e. The van der Waals surface area contributed by atoms with E-state index in [0.29, 0.717) is 6.42 Å². The summed E-state index contributed by atoms with van der Waals surface area (Å²) in [5.41, 5.74) is 0. The zero-order chi connectivity index (χ0) is 20.4. The normalized spacial score (nSPS) is 15.1. The van der Waals surface area contributed by atoms with Crippen molar-refractivity contribution in [2.75, 3.05) is 19.6 Å². The Morgan fingerprint density at radius 1 is 0.926 bits per heavy atom. The Kier molecular flexibility index (Phi) is 14.0. The van der Waals surface area contributed by atoms with Crippen LogP contribution in [0.5, 0.6) is 0 Å². The van der Waals surface area contributed by atoms with Gasteiger partial charge in [0.2, 0.25) is 0 Å². The number of nitrogens with zero attached hydrogens (tertiary/aromatic N) is 2. The molecule has 150 valence electrons. The average molecular weight is 380 g/mol. The molecule has 0 radical (unpaired) electrons. The fourth-order valence-electron chi connectivity index (χ4n) is 2.39. The molecule has 0 spiro atoms. The molecule has 0 amide bonds. The van der Waals surface area contributed by atoms with Crippen molar-refractivity contribution in [3.05, 3.63) is 11.8 Å². The number of carboxylic acid groups (broad SMARTS) is 3. The Hall–Kier alpha value is -1.53. The summed E-state index contributed by atoms with van der Waals surface area (Å²) in [6, 6.07) is -3.09. The van der Waals surface area contributed by atoms with Crippen LogP contribution in [0.2, 0.25) is 0 Å². The molecule has 0 saturated heterocycles. The minimum absolute atomic E-state index is 0. The van der Waals surface area contributed by atoms with Gasteiger partial charge in [0, 0.05) is 19.6 Å². The van der Waals surface area contributed by atoms with Crippen LogP contribution in [0.4, 0.5) is 0 Å². The fraction of sp³-hybridized carbons (Fsp3) is 0.706. The first kappa shape index (κ1) is 27.7. The molecule has 0 aromatic heterocycles. The number of hydrogen-bond acceptors (Lipinski definition) is 6. The van der Waals surface area contributed by atoms with E-state index in [0.717, 1.165) is 6.42 Å². The molecule has 9 nitrogen and oxygen atoms in total. The minimum atomic E-state index is -1.18. The zero-order valence-corrected chi connectivity index (χ0v) is 16.7. The second-order valence-electron chi connectivity index (χ2n) is 6.21. The number of aliphatic carboxylic acids is 3. The Morgan fingerprint density at radius 3 is 1.74 bits per heavy atom. The van der Waals surface area contributed by atoms with Gasteiger partial charge in [0.25, 0.3) is 0 Å². The average Bonchev–Trinajstić information content (AvgIpc) is 2.57. The van der Waals surface area contributed by atoms with Crippen LogP contribution < -0.4 is 24.0 Å². The molecule has 0 heterocycles. The standard InChI is InChI=1S/C17H30N2O7.Li/c1-5-6-7-14(20)10-18(11(2)15(21)22)8-9-19(12(3)16(23)24)13(4)17(25)26;/h7,11-13,20H,5-6,8-10H2,1-4H3,(H,21,22)(H,23,24)(H,25,26);/q;+1/p-1/b14-7-;. The summed E-state index contributed by atoms with van der Waals surface area (Å²) in [5.74, 6) is -3.69. The Labute approximate surface area is 171 Å². The summed E-state index contributed by atoms with van der Waals surface area (Å²) in [6.07, 6.45) is 2.88. The number of unbranched alkanes of at least 4 members (excludes halogenated alkanes) is 1. The molecule has 10 heteroatoms. The van der Waals surface area contributed by atoms with E-state index < -0.39 is 36.0 Å². The number of carbonyl (C=O) groups is 3. The monoisotopic (exact) mass is 380 g/mol. The maximum atomic E-state index is 12.0. The van der Waals surface area contributed by atoms with E-state index >= 15 is 0 Å². The maximum absolute atomic E-state index is 12.0. The Bertz CT molecular complexity index is 507. The first-order valence-corrected chi connectivity index (χ1v) is 8.57. The van der Waals surface area contributed by atoms with Crippen molar-refractivity contribution in [2.24, 2.45) is 0 Å². The topological polar surface area (TPSA) is 141 Å². The number of carboxylic acids is 3. The van der Waals surface area contributed by atoms with Crippen molar-refractivity contribution in [1.82, 2.24) is 9.80 Å². The quantitative estimate of drug-likeness (QED) is 0.226. The van der Waals surface area contributed by atoms with E-state index in [1.165, 1.54) is 36.6 Å². The molecule has 0 rings (SSSR count). The molecule has 3 N–H and O–H groups in total. The largest absolute Gasteiger partial charge is 1.00 e. The van der Waals surface area contributed by atoms with Gasteiger partial charge in [-0.15, -0.1) is 5.76 Å². The third-order valence-electron chi connectivity index (χ3n) is 4.28. The van der Waals surface area contributed by atoms with Crippen molar-refractivity contribution in [2.45, 2.75) is 58.7 Å². The third-order valence-corrected chi connectivity index (χ3v) is 4.28. The van der Waals surface area contributed by atoms with Crippen LogP contribution in [-0.4, -0.2) is 80.8 Å². The van der Waals surface area contributed by atoms with Gasteiger partial charge in [0.05, 0.1) is 0 Å². The van der Waals surface area contributed by atoms with Crippen LogP contribution in [0.1, 0.15) is 40.5 Å². The summed E-state index contributed by atoms with van der Waals surface area (Å²) in [5, 5.41) is 39.6. The number of allylic oxidation sites excluding steroid dienone is 1. The van der Waals surface area contributed by atoms with Gasteiger partial charge in [0.1, 0.15) is 18.1 Å². The first-order valence-electron chi connectivity index (χ1n) is 8.57. The molecule has 3 atom stereocenters. The summed E-state index contributed by atoms with van der Waals surface area (Å²) in [7, 11) is 0. The van der Waals surface area contributed by atoms with Crippen LogP contribution in [0.25, 0.3) is 0 Å². The van der Waals surface area contributed by atoms with Gasteiger partial charge in [-0.2, -0.15) is 0 Å². The molecule has 0 aromatic carbocycles. The summed E-state index contributed by atoms with van der Waals surface area (Å²) in [6.45, 7) is 6.01. The van der Waals surface area contributed by atoms with Gasteiger partial charge in [-0.1, -0.05) is 19.4 Å². The second-order valence-corrected chi connectivity index (χ2v) is 6.21. The molecular formula is C17H29LiN2O7. The van der Waals surface area contributed by atoms with Gasteiger partial charge >= 0.3 is 36.8 Å². The predicted molar refractivity (Wildman–Crippen MR) is 92.6 cm³/mol. The van der Waals surface area contributed by atoms with Crippen LogP contribution in [0.15, 0.2) is 11.8 Å². The van der Waals surface area contributed by atoms with Gasteiger partial charge in [-0.25, -0.2) is 0 Å².